The van der Waals surface area contributed by atoms with E-state index >= 15 is 0 Å². The Morgan fingerprint density at radius 1 is 1.19 bits per heavy atom. The van der Waals surface area contributed by atoms with Gasteiger partial charge in [-0.05, 0) is 24.6 Å². The average molecular weight is 302 g/mol. The van der Waals surface area contributed by atoms with Crippen LogP contribution in [0.1, 0.15) is 16.8 Å². The van der Waals surface area contributed by atoms with Crippen molar-refractivity contribution in [3.05, 3.63) is 47.3 Å². The van der Waals surface area contributed by atoms with E-state index in [0.29, 0.717) is 0 Å². The monoisotopic (exact) mass is 302 g/mol. The molecule has 21 heavy (non-hydrogen) atoms. The molecule has 4 nitrogen and oxygen atoms in total. The smallest absolute Gasteiger partial charge is 0.0535 e. The van der Waals surface area contributed by atoms with Crippen molar-refractivity contribution in [2.75, 3.05) is 29.5 Å². The van der Waals surface area contributed by atoms with Crippen molar-refractivity contribution >= 4 is 17.4 Å². The lowest BCUT2D eigenvalue weighted by Gasteiger charge is -2.28. The summed E-state index contributed by atoms with van der Waals surface area (Å²) in [4.78, 5) is 2.47. The first-order valence-corrected chi connectivity index (χ1v) is 8.59. The van der Waals surface area contributed by atoms with Crippen LogP contribution in [-0.4, -0.2) is 34.8 Å². The van der Waals surface area contributed by atoms with Gasteiger partial charge in [0, 0.05) is 54.6 Å². The molecule has 0 spiro atoms. The topological polar surface area (TPSA) is 44.0 Å². The Balaban J connectivity index is 1.51. The predicted octanol–water partition coefficient (Wildman–Crippen LogP) is 2.56. The number of H-pyrrole nitrogens is 1. The molecule has 3 rings (SSSR count). The van der Waals surface area contributed by atoms with Gasteiger partial charge in [-0.3, -0.25) is 5.10 Å². The molecular weight excluding hydrogens is 280 g/mol. The van der Waals surface area contributed by atoms with Crippen molar-refractivity contribution in [3.63, 3.8) is 0 Å². The van der Waals surface area contributed by atoms with Crippen LogP contribution in [0.25, 0.3) is 0 Å². The van der Waals surface area contributed by atoms with Crippen molar-refractivity contribution in [1.82, 2.24) is 15.5 Å². The molecule has 0 aliphatic carbocycles. The summed E-state index contributed by atoms with van der Waals surface area (Å²) in [6.07, 6.45) is 1.89. The molecule has 0 bridgehead atoms. The maximum Gasteiger partial charge on any atom is 0.0535 e. The third kappa shape index (κ3) is 3.80. The van der Waals surface area contributed by atoms with Crippen LogP contribution in [0.15, 0.2) is 30.5 Å². The van der Waals surface area contributed by atoms with Gasteiger partial charge in [0.2, 0.25) is 0 Å². The van der Waals surface area contributed by atoms with Gasteiger partial charge in [0.15, 0.2) is 0 Å². The summed E-state index contributed by atoms with van der Waals surface area (Å²) in [7, 11) is 0. The number of nitrogens with zero attached hydrogens (tertiary/aromatic N) is 2. The highest BCUT2D eigenvalue weighted by molar-refractivity contribution is 7.99. The van der Waals surface area contributed by atoms with Gasteiger partial charge in [-0.1, -0.05) is 12.1 Å². The minimum atomic E-state index is 0.855. The first-order valence-electron chi connectivity index (χ1n) is 7.44. The first kappa shape index (κ1) is 14.5. The lowest BCUT2D eigenvalue weighted by Crippen LogP contribution is -2.32. The Hall–Kier alpha value is -1.46. The zero-order valence-electron chi connectivity index (χ0n) is 12.4. The van der Waals surface area contributed by atoms with Crippen LogP contribution >= 0.6 is 11.8 Å². The maximum absolute atomic E-state index is 4.04. The molecule has 0 saturated carbocycles. The van der Waals surface area contributed by atoms with Crippen LogP contribution < -0.4 is 10.2 Å². The molecule has 1 fully saturated rings. The third-order valence-corrected chi connectivity index (χ3v) is 4.83. The van der Waals surface area contributed by atoms with E-state index in [4.69, 9.17) is 0 Å². The van der Waals surface area contributed by atoms with E-state index in [1.807, 2.05) is 18.0 Å². The molecule has 0 amide bonds. The molecule has 0 atom stereocenters. The Kier molecular flexibility index (Phi) is 4.83. The summed E-state index contributed by atoms with van der Waals surface area (Å²) < 4.78 is 0. The van der Waals surface area contributed by atoms with Gasteiger partial charge in [0.25, 0.3) is 0 Å². The number of hydrogen-bond acceptors (Lipinski definition) is 4. The van der Waals surface area contributed by atoms with Gasteiger partial charge in [-0.25, -0.2) is 0 Å². The molecule has 0 radical (unpaired) electrons. The van der Waals surface area contributed by atoms with E-state index < -0.39 is 0 Å². The Labute approximate surface area is 130 Å². The van der Waals surface area contributed by atoms with Gasteiger partial charge in [0.05, 0.1) is 6.20 Å². The van der Waals surface area contributed by atoms with Crippen LogP contribution in [0.5, 0.6) is 0 Å². The summed E-state index contributed by atoms with van der Waals surface area (Å²) in [5.41, 5.74) is 5.05. The zero-order chi connectivity index (χ0) is 14.5. The second kappa shape index (κ2) is 7.00. The lowest BCUT2D eigenvalue weighted by atomic mass is 10.2. The van der Waals surface area contributed by atoms with E-state index in [0.717, 1.165) is 18.8 Å². The van der Waals surface area contributed by atoms with Crippen molar-refractivity contribution in [2.45, 2.75) is 20.0 Å². The van der Waals surface area contributed by atoms with Gasteiger partial charge in [-0.2, -0.15) is 16.9 Å². The number of benzene rings is 1. The molecule has 112 valence electrons. The summed E-state index contributed by atoms with van der Waals surface area (Å²) in [5.74, 6) is 2.49. The number of aryl methyl sites for hydroxylation is 1. The van der Waals surface area contributed by atoms with Gasteiger partial charge >= 0.3 is 0 Å². The van der Waals surface area contributed by atoms with E-state index in [9.17, 15) is 0 Å². The van der Waals surface area contributed by atoms with E-state index in [2.05, 4.69) is 51.6 Å². The van der Waals surface area contributed by atoms with Gasteiger partial charge in [0.1, 0.15) is 0 Å². The maximum atomic E-state index is 4.04. The van der Waals surface area contributed by atoms with E-state index in [-0.39, 0.29) is 0 Å². The summed E-state index contributed by atoms with van der Waals surface area (Å²) in [6, 6.07) is 8.95. The molecule has 1 aliphatic rings. The van der Waals surface area contributed by atoms with Crippen LogP contribution in [0, 0.1) is 6.92 Å². The molecule has 0 unspecified atom stereocenters. The first-order chi connectivity index (χ1) is 10.3. The summed E-state index contributed by atoms with van der Waals surface area (Å²) >= 11 is 2.05. The Bertz CT molecular complexity index is 558. The van der Waals surface area contributed by atoms with Crippen LogP contribution in [0.2, 0.25) is 0 Å². The van der Waals surface area contributed by atoms with Crippen LogP contribution in [0.4, 0.5) is 5.69 Å². The number of thioether (sulfide) groups is 1. The number of hydrogen-bond donors (Lipinski definition) is 2. The van der Waals surface area contributed by atoms with Gasteiger partial charge < -0.3 is 10.2 Å². The summed E-state index contributed by atoms with van der Waals surface area (Å²) in [6.45, 7) is 6.13. The fourth-order valence-corrected chi connectivity index (χ4v) is 3.44. The molecule has 1 aromatic carbocycles. The fraction of sp³-hybridized carbons (Fsp3) is 0.438. The fourth-order valence-electron chi connectivity index (χ4n) is 2.54. The third-order valence-electron chi connectivity index (χ3n) is 3.89. The van der Waals surface area contributed by atoms with E-state index in [1.165, 1.54) is 41.4 Å². The number of aromatic nitrogens is 2. The standard InChI is InChI=1S/C16H22N4S/c1-13-15(12-18-19-13)11-17-10-14-2-4-16(5-3-14)20-6-8-21-9-7-20/h2-5,12,17H,6-11H2,1H3,(H,18,19). The number of anilines is 1. The van der Waals surface area contributed by atoms with Crippen molar-refractivity contribution in [2.24, 2.45) is 0 Å². The SMILES string of the molecule is Cc1[nH]ncc1CNCc1ccc(N2CCSCC2)cc1. The normalized spacial score (nSPS) is 15.4. The predicted molar refractivity (Wildman–Crippen MR) is 89.8 cm³/mol. The van der Waals surface area contributed by atoms with Gasteiger partial charge in [-0.15, -0.1) is 0 Å². The minimum absolute atomic E-state index is 0.855. The number of aromatic amines is 1. The quantitative estimate of drug-likeness (QED) is 0.891. The van der Waals surface area contributed by atoms with Crippen LogP contribution in [0.3, 0.4) is 0 Å². The number of rotatable bonds is 5. The van der Waals surface area contributed by atoms with Crippen molar-refractivity contribution in [3.8, 4) is 0 Å². The molecule has 1 aliphatic heterocycles. The highest BCUT2D eigenvalue weighted by Gasteiger charge is 2.10. The van der Waals surface area contributed by atoms with Crippen molar-refractivity contribution < 1.29 is 0 Å². The highest BCUT2D eigenvalue weighted by atomic mass is 32.2. The Morgan fingerprint density at radius 2 is 1.95 bits per heavy atom. The molecule has 2 N–H and O–H groups in total. The largest absolute Gasteiger partial charge is 0.370 e. The molecule has 5 heteroatoms. The Morgan fingerprint density at radius 3 is 2.62 bits per heavy atom. The average Bonchev–Trinajstić information content (AvgIpc) is 2.94. The molecule has 1 aromatic heterocycles. The molecule has 2 aromatic rings. The minimum Gasteiger partial charge on any atom is -0.370 e. The lowest BCUT2D eigenvalue weighted by molar-refractivity contribution is 0.690. The highest BCUT2D eigenvalue weighted by Crippen LogP contribution is 2.19. The second-order valence-corrected chi connectivity index (χ2v) is 6.61. The zero-order valence-corrected chi connectivity index (χ0v) is 13.2. The van der Waals surface area contributed by atoms with E-state index in [1.54, 1.807) is 0 Å². The van der Waals surface area contributed by atoms with Crippen LogP contribution in [-0.2, 0) is 13.1 Å². The summed E-state index contributed by atoms with van der Waals surface area (Å²) in [5, 5.41) is 10.5. The van der Waals surface area contributed by atoms with Crippen molar-refractivity contribution in [1.29, 1.82) is 0 Å². The second-order valence-electron chi connectivity index (χ2n) is 5.39. The number of nitrogens with one attached hydrogen (secondary N) is 2. The molecule has 1 saturated heterocycles. The molecular formula is C16H22N4S. The molecule has 2 heterocycles.